The first-order chi connectivity index (χ1) is 12.5. The highest BCUT2D eigenvalue weighted by atomic mass is 35.5. The first kappa shape index (κ1) is 16.5. The summed E-state index contributed by atoms with van der Waals surface area (Å²) in [7, 11) is 0. The Labute approximate surface area is 158 Å². The van der Waals surface area contributed by atoms with Gasteiger partial charge >= 0.3 is 0 Å². The van der Waals surface area contributed by atoms with Gasteiger partial charge in [-0.15, -0.1) is 0 Å². The number of hydrogen-bond acceptors (Lipinski definition) is 4. The van der Waals surface area contributed by atoms with Gasteiger partial charge in [-0.05, 0) is 36.5 Å². The molecule has 1 aliphatic heterocycles. The molecule has 0 saturated carbocycles. The minimum absolute atomic E-state index is 0.0569. The lowest BCUT2D eigenvalue weighted by molar-refractivity contribution is 0.448. The molecule has 26 heavy (non-hydrogen) atoms. The number of hydrogen-bond donors (Lipinski definition) is 3. The average Bonchev–Trinajstić information content (AvgIpc) is 2.96. The van der Waals surface area contributed by atoms with Crippen molar-refractivity contribution < 1.29 is 5.11 Å². The number of allylic oxidation sites excluding steroid dienone is 1. The lowest BCUT2D eigenvalue weighted by atomic mass is 9.96. The van der Waals surface area contributed by atoms with E-state index in [0.717, 1.165) is 16.8 Å². The molecule has 2 aromatic carbocycles. The van der Waals surface area contributed by atoms with Gasteiger partial charge in [-0.3, -0.25) is 9.78 Å². The lowest BCUT2D eigenvalue weighted by Gasteiger charge is -2.07. The van der Waals surface area contributed by atoms with Crippen LogP contribution in [0.5, 0.6) is 5.88 Å². The molecule has 128 valence electrons. The molecule has 0 atom stereocenters. The smallest absolute Gasteiger partial charge is 0.262 e. The standard InChI is InChI=1S/C19H12ClN3O2S/c20-11-6-7-15-12(8-11)13(16(21-15)10-4-2-1-3-5-10)9-14-17(24)22-19(26)23-18(14)25/h1-9H,(H3,22,23,24,25,26)/b13-9+. The molecule has 2 heterocycles. The van der Waals surface area contributed by atoms with Crippen LogP contribution in [0, 0.1) is 4.77 Å². The van der Waals surface area contributed by atoms with Crippen LogP contribution in [0.15, 0.2) is 58.3 Å². The Bertz CT molecular complexity index is 1190. The molecule has 0 aliphatic carbocycles. The van der Waals surface area contributed by atoms with E-state index >= 15 is 0 Å². The maximum absolute atomic E-state index is 12.3. The summed E-state index contributed by atoms with van der Waals surface area (Å²) in [6.07, 6.45) is 1.59. The van der Waals surface area contributed by atoms with Crippen LogP contribution in [0.4, 0.5) is 5.69 Å². The van der Waals surface area contributed by atoms with E-state index < -0.39 is 5.56 Å². The van der Waals surface area contributed by atoms with Gasteiger partial charge in [0, 0.05) is 21.7 Å². The molecule has 0 bridgehead atoms. The Hall–Kier alpha value is -2.96. The van der Waals surface area contributed by atoms with Crippen molar-refractivity contribution >= 4 is 46.9 Å². The van der Waals surface area contributed by atoms with E-state index in [1.54, 1.807) is 18.2 Å². The molecule has 0 spiro atoms. The molecular weight excluding hydrogens is 370 g/mol. The summed E-state index contributed by atoms with van der Waals surface area (Å²) < 4.78 is 0.0569. The molecule has 0 radical (unpaired) electrons. The quantitative estimate of drug-likeness (QED) is 0.573. The maximum Gasteiger partial charge on any atom is 0.262 e. The third-order valence-corrected chi connectivity index (χ3v) is 4.47. The fourth-order valence-electron chi connectivity index (χ4n) is 2.85. The largest absolute Gasteiger partial charge is 0.494 e. The molecule has 0 fully saturated rings. The van der Waals surface area contributed by atoms with Crippen molar-refractivity contribution in [3.05, 3.63) is 85.4 Å². The van der Waals surface area contributed by atoms with Crippen LogP contribution >= 0.6 is 23.8 Å². The summed E-state index contributed by atoms with van der Waals surface area (Å²) in [4.78, 5) is 22.0. The molecule has 3 N–H and O–H groups in total. The van der Waals surface area contributed by atoms with Gasteiger partial charge < -0.3 is 10.1 Å². The SMILES string of the molecule is O=c1[nH]c(=S)[nH]c(O)c1/C=C1/C(c2ccccc2)=Nc2ccc(Cl)cc21. The van der Waals surface area contributed by atoms with Gasteiger partial charge in [-0.25, -0.2) is 4.99 Å². The van der Waals surface area contributed by atoms with Gasteiger partial charge in [0.05, 0.1) is 11.4 Å². The number of benzene rings is 2. The highest BCUT2D eigenvalue weighted by Gasteiger charge is 2.23. The summed E-state index contributed by atoms with van der Waals surface area (Å²) >= 11 is 11.0. The summed E-state index contributed by atoms with van der Waals surface area (Å²) in [5.41, 5.74) is 3.42. The van der Waals surface area contributed by atoms with Crippen molar-refractivity contribution in [1.82, 2.24) is 9.97 Å². The normalized spacial score (nSPS) is 14.3. The number of aromatic amines is 2. The fraction of sp³-hybridized carbons (Fsp3) is 0. The van der Waals surface area contributed by atoms with Crippen LogP contribution in [-0.4, -0.2) is 20.8 Å². The van der Waals surface area contributed by atoms with E-state index in [-0.39, 0.29) is 16.2 Å². The molecule has 1 aromatic heterocycles. The zero-order valence-corrected chi connectivity index (χ0v) is 14.9. The van der Waals surface area contributed by atoms with Gasteiger partial charge in [0.25, 0.3) is 5.56 Å². The average molecular weight is 382 g/mol. The van der Waals surface area contributed by atoms with Gasteiger partial charge in [0.2, 0.25) is 5.88 Å². The summed E-state index contributed by atoms with van der Waals surface area (Å²) in [5.74, 6) is -0.297. The molecular formula is C19H12ClN3O2S. The van der Waals surface area contributed by atoms with Crippen molar-refractivity contribution in [2.24, 2.45) is 4.99 Å². The minimum Gasteiger partial charge on any atom is -0.494 e. The second-order valence-corrected chi connectivity index (χ2v) is 6.56. The topological polar surface area (TPSA) is 81.2 Å². The molecule has 0 saturated heterocycles. The van der Waals surface area contributed by atoms with Crippen LogP contribution < -0.4 is 5.56 Å². The van der Waals surface area contributed by atoms with E-state index in [4.69, 9.17) is 23.8 Å². The molecule has 1 aliphatic rings. The number of nitrogens with zero attached hydrogens (tertiary/aromatic N) is 1. The summed E-state index contributed by atoms with van der Waals surface area (Å²) in [6, 6.07) is 15.0. The number of aromatic nitrogens is 2. The number of rotatable bonds is 2. The number of aromatic hydroxyl groups is 1. The first-order valence-corrected chi connectivity index (χ1v) is 8.53. The van der Waals surface area contributed by atoms with Crippen molar-refractivity contribution in [2.45, 2.75) is 0 Å². The molecule has 7 heteroatoms. The lowest BCUT2D eigenvalue weighted by Crippen LogP contribution is -2.12. The molecule has 0 amide bonds. The number of halogens is 1. The highest BCUT2D eigenvalue weighted by molar-refractivity contribution is 7.71. The van der Waals surface area contributed by atoms with Crippen molar-refractivity contribution in [2.75, 3.05) is 0 Å². The van der Waals surface area contributed by atoms with Gasteiger partial charge in [0.15, 0.2) is 4.77 Å². The predicted molar refractivity (Wildman–Crippen MR) is 106 cm³/mol. The second-order valence-electron chi connectivity index (χ2n) is 5.72. The fourth-order valence-corrected chi connectivity index (χ4v) is 3.22. The van der Waals surface area contributed by atoms with E-state index in [1.165, 1.54) is 0 Å². The minimum atomic E-state index is -0.485. The number of fused-ring (bicyclic) bond motifs is 1. The van der Waals surface area contributed by atoms with Crippen LogP contribution in [-0.2, 0) is 0 Å². The van der Waals surface area contributed by atoms with Gasteiger partial charge in [0.1, 0.15) is 5.56 Å². The molecule has 5 nitrogen and oxygen atoms in total. The van der Waals surface area contributed by atoms with E-state index in [1.807, 2.05) is 36.4 Å². The van der Waals surface area contributed by atoms with Gasteiger partial charge in [-0.2, -0.15) is 0 Å². The van der Waals surface area contributed by atoms with Gasteiger partial charge in [-0.1, -0.05) is 41.9 Å². The number of H-pyrrole nitrogens is 2. The monoisotopic (exact) mass is 381 g/mol. The third kappa shape index (κ3) is 2.89. The first-order valence-electron chi connectivity index (χ1n) is 7.74. The molecule has 4 rings (SSSR count). The number of nitrogens with one attached hydrogen (secondary N) is 2. The van der Waals surface area contributed by atoms with Crippen molar-refractivity contribution in [3.8, 4) is 5.88 Å². The van der Waals surface area contributed by atoms with Crippen LogP contribution in [0.2, 0.25) is 5.02 Å². The Balaban J connectivity index is 1.98. The Morgan fingerprint density at radius 2 is 1.88 bits per heavy atom. The summed E-state index contributed by atoms with van der Waals surface area (Å²) in [5, 5.41) is 10.7. The van der Waals surface area contributed by atoms with E-state index in [9.17, 15) is 9.90 Å². The zero-order valence-electron chi connectivity index (χ0n) is 13.3. The Kier molecular flexibility index (Phi) is 4.06. The maximum atomic E-state index is 12.3. The van der Waals surface area contributed by atoms with E-state index in [2.05, 4.69) is 15.0 Å². The van der Waals surface area contributed by atoms with Crippen LogP contribution in [0.3, 0.4) is 0 Å². The second kappa shape index (κ2) is 6.40. The van der Waals surface area contributed by atoms with E-state index in [0.29, 0.717) is 16.3 Å². The van der Waals surface area contributed by atoms with Crippen molar-refractivity contribution in [1.29, 1.82) is 0 Å². The molecule has 3 aromatic rings. The third-order valence-electron chi connectivity index (χ3n) is 4.03. The Morgan fingerprint density at radius 1 is 1.12 bits per heavy atom. The van der Waals surface area contributed by atoms with Crippen molar-refractivity contribution in [3.63, 3.8) is 0 Å². The predicted octanol–water partition coefficient (Wildman–Crippen LogP) is 4.47. The number of aliphatic imine (C=N–C) groups is 1. The Morgan fingerprint density at radius 3 is 2.62 bits per heavy atom. The van der Waals surface area contributed by atoms with Crippen LogP contribution in [0.1, 0.15) is 16.7 Å². The highest BCUT2D eigenvalue weighted by Crippen LogP contribution is 2.39. The molecule has 0 unspecified atom stereocenters. The van der Waals surface area contributed by atoms with Crippen LogP contribution in [0.25, 0.3) is 11.6 Å². The summed E-state index contributed by atoms with van der Waals surface area (Å²) in [6.45, 7) is 0. The zero-order chi connectivity index (χ0) is 18.3.